The van der Waals surface area contributed by atoms with E-state index < -0.39 is 6.04 Å². The summed E-state index contributed by atoms with van der Waals surface area (Å²) in [5.41, 5.74) is 3.29. The number of aromatic nitrogens is 2. The van der Waals surface area contributed by atoms with Crippen molar-refractivity contribution in [1.82, 2.24) is 14.5 Å². The number of benzene rings is 2. The second-order valence-corrected chi connectivity index (χ2v) is 7.69. The van der Waals surface area contributed by atoms with Crippen molar-refractivity contribution in [2.24, 2.45) is 0 Å². The SMILES string of the molecule is CCc1nc2cc(NC(=O)[C@@H]3CCCCN3C(=O)c3ccccc3)ccc2n1CC. The minimum Gasteiger partial charge on any atom is -0.328 e. The lowest BCUT2D eigenvalue weighted by Gasteiger charge is -2.34. The van der Waals surface area contributed by atoms with Crippen LogP contribution < -0.4 is 5.32 Å². The Morgan fingerprint density at radius 1 is 1.10 bits per heavy atom. The first-order chi connectivity index (χ1) is 14.6. The fourth-order valence-corrected chi connectivity index (χ4v) is 4.30. The van der Waals surface area contributed by atoms with Gasteiger partial charge in [-0.05, 0) is 56.5 Å². The molecule has 1 aromatic heterocycles. The van der Waals surface area contributed by atoms with Crippen molar-refractivity contribution in [2.45, 2.75) is 52.1 Å². The number of imidazole rings is 1. The van der Waals surface area contributed by atoms with Gasteiger partial charge >= 0.3 is 0 Å². The highest BCUT2D eigenvalue weighted by molar-refractivity contribution is 6.02. The number of rotatable bonds is 5. The number of aryl methyl sites for hydroxylation is 2. The maximum Gasteiger partial charge on any atom is 0.254 e. The molecule has 1 N–H and O–H groups in total. The van der Waals surface area contributed by atoms with Crippen molar-refractivity contribution >= 4 is 28.5 Å². The summed E-state index contributed by atoms with van der Waals surface area (Å²) >= 11 is 0. The van der Waals surface area contributed by atoms with Crippen LogP contribution in [0, 0.1) is 0 Å². The van der Waals surface area contributed by atoms with E-state index in [2.05, 4.69) is 23.7 Å². The predicted octanol–water partition coefficient (Wildman–Crippen LogP) is 4.25. The second-order valence-electron chi connectivity index (χ2n) is 7.69. The van der Waals surface area contributed by atoms with Gasteiger partial charge in [-0.25, -0.2) is 4.98 Å². The molecule has 2 aromatic carbocycles. The van der Waals surface area contributed by atoms with E-state index in [0.29, 0.717) is 24.2 Å². The molecule has 6 heteroatoms. The van der Waals surface area contributed by atoms with Gasteiger partial charge in [-0.2, -0.15) is 0 Å². The zero-order valence-corrected chi connectivity index (χ0v) is 17.6. The quantitative estimate of drug-likeness (QED) is 0.691. The molecule has 1 atom stereocenters. The largest absolute Gasteiger partial charge is 0.328 e. The maximum absolute atomic E-state index is 13.1. The average Bonchev–Trinajstić information content (AvgIpc) is 3.16. The van der Waals surface area contributed by atoms with E-state index in [0.717, 1.165) is 42.7 Å². The van der Waals surface area contributed by atoms with E-state index in [9.17, 15) is 9.59 Å². The van der Waals surface area contributed by atoms with Gasteiger partial charge in [0.1, 0.15) is 11.9 Å². The Bertz CT molecular complexity index is 1060. The first-order valence-corrected chi connectivity index (χ1v) is 10.8. The van der Waals surface area contributed by atoms with Gasteiger partial charge in [-0.1, -0.05) is 25.1 Å². The second kappa shape index (κ2) is 8.69. The van der Waals surface area contributed by atoms with Crippen LogP contribution in [0.25, 0.3) is 11.0 Å². The van der Waals surface area contributed by atoms with Gasteiger partial charge in [0.15, 0.2) is 0 Å². The van der Waals surface area contributed by atoms with Crippen LogP contribution in [0.15, 0.2) is 48.5 Å². The molecule has 0 unspecified atom stereocenters. The van der Waals surface area contributed by atoms with Crippen LogP contribution in [0.1, 0.15) is 49.3 Å². The standard InChI is InChI=1S/C24H28N4O2/c1-3-22-26-19-16-18(13-14-20(19)27(22)4-2)25-23(29)21-12-8-9-15-28(21)24(30)17-10-6-5-7-11-17/h5-7,10-11,13-14,16,21H,3-4,8-9,12,15H2,1-2H3,(H,25,29)/t21-/m0/s1. The molecule has 6 nitrogen and oxygen atoms in total. The predicted molar refractivity (Wildman–Crippen MR) is 119 cm³/mol. The van der Waals surface area contributed by atoms with Crippen LogP contribution in [-0.4, -0.2) is 38.9 Å². The molecule has 1 fully saturated rings. The number of amides is 2. The van der Waals surface area contributed by atoms with E-state index in [1.807, 2.05) is 36.4 Å². The van der Waals surface area contributed by atoms with Crippen molar-refractivity contribution < 1.29 is 9.59 Å². The lowest BCUT2D eigenvalue weighted by atomic mass is 10.00. The fraction of sp³-hybridized carbons (Fsp3) is 0.375. The van der Waals surface area contributed by atoms with Crippen molar-refractivity contribution in [3.63, 3.8) is 0 Å². The number of anilines is 1. The van der Waals surface area contributed by atoms with Gasteiger partial charge in [0, 0.05) is 30.8 Å². The third kappa shape index (κ3) is 3.82. The summed E-state index contributed by atoms with van der Waals surface area (Å²) in [6.07, 6.45) is 3.40. The smallest absolute Gasteiger partial charge is 0.254 e. The number of carbonyl (C=O) groups excluding carboxylic acids is 2. The first kappa shape index (κ1) is 20.1. The highest BCUT2D eigenvalue weighted by Gasteiger charge is 2.32. The number of nitrogens with zero attached hydrogens (tertiary/aromatic N) is 3. The molecule has 4 rings (SSSR count). The van der Waals surface area contributed by atoms with Gasteiger partial charge in [-0.3, -0.25) is 9.59 Å². The molecule has 0 radical (unpaired) electrons. The van der Waals surface area contributed by atoms with Crippen molar-refractivity contribution in [1.29, 1.82) is 0 Å². The van der Waals surface area contributed by atoms with E-state index >= 15 is 0 Å². The Labute approximate surface area is 176 Å². The van der Waals surface area contributed by atoms with Crippen molar-refractivity contribution in [2.75, 3.05) is 11.9 Å². The molecule has 1 saturated heterocycles. The summed E-state index contributed by atoms with van der Waals surface area (Å²) in [5.74, 6) is 0.826. The average molecular weight is 405 g/mol. The Morgan fingerprint density at radius 2 is 1.90 bits per heavy atom. The van der Waals surface area contributed by atoms with Crippen LogP contribution >= 0.6 is 0 Å². The Kier molecular flexibility index (Phi) is 5.84. The summed E-state index contributed by atoms with van der Waals surface area (Å²) in [6, 6.07) is 14.6. The van der Waals surface area contributed by atoms with E-state index in [-0.39, 0.29) is 11.8 Å². The Balaban J connectivity index is 1.55. The molecule has 2 heterocycles. The van der Waals surface area contributed by atoms with Gasteiger partial charge < -0.3 is 14.8 Å². The Morgan fingerprint density at radius 3 is 2.63 bits per heavy atom. The molecule has 3 aromatic rings. The molecule has 30 heavy (non-hydrogen) atoms. The number of piperidine rings is 1. The van der Waals surface area contributed by atoms with Crippen LogP contribution in [0.5, 0.6) is 0 Å². The van der Waals surface area contributed by atoms with Gasteiger partial charge in [0.05, 0.1) is 11.0 Å². The summed E-state index contributed by atoms with van der Waals surface area (Å²) in [4.78, 5) is 32.5. The first-order valence-electron chi connectivity index (χ1n) is 10.8. The lowest BCUT2D eigenvalue weighted by molar-refractivity contribution is -0.121. The maximum atomic E-state index is 13.1. The fourth-order valence-electron chi connectivity index (χ4n) is 4.30. The number of hydrogen-bond donors (Lipinski definition) is 1. The van der Waals surface area contributed by atoms with Gasteiger partial charge in [0.25, 0.3) is 5.91 Å². The highest BCUT2D eigenvalue weighted by atomic mass is 16.2. The third-order valence-electron chi connectivity index (χ3n) is 5.81. The Hall–Kier alpha value is -3.15. The molecule has 0 aliphatic carbocycles. The molecule has 0 spiro atoms. The number of hydrogen-bond acceptors (Lipinski definition) is 3. The number of fused-ring (bicyclic) bond motifs is 1. The lowest BCUT2D eigenvalue weighted by Crippen LogP contribution is -2.50. The summed E-state index contributed by atoms with van der Waals surface area (Å²) < 4.78 is 2.20. The zero-order chi connectivity index (χ0) is 21.1. The molecule has 156 valence electrons. The zero-order valence-electron chi connectivity index (χ0n) is 17.6. The molecule has 1 aliphatic rings. The minimum absolute atomic E-state index is 0.0832. The summed E-state index contributed by atoms with van der Waals surface area (Å²) in [7, 11) is 0. The van der Waals surface area contributed by atoms with E-state index in [1.54, 1.807) is 17.0 Å². The van der Waals surface area contributed by atoms with E-state index in [1.165, 1.54) is 0 Å². The highest BCUT2D eigenvalue weighted by Crippen LogP contribution is 2.24. The summed E-state index contributed by atoms with van der Waals surface area (Å²) in [6.45, 7) is 5.67. The van der Waals surface area contributed by atoms with Crippen molar-refractivity contribution in [3.8, 4) is 0 Å². The third-order valence-corrected chi connectivity index (χ3v) is 5.81. The molecule has 2 amide bonds. The number of nitrogens with one attached hydrogen (secondary N) is 1. The molecule has 0 bridgehead atoms. The van der Waals surface area contributed by atoms with E-state index in [4.69, 9.17) is 4.98 Å². The monoisotopic (exact) mass is 404 g/mol. The van der Waals surface area contributed by atoms with Crippen molar-refractivity contribution in [3.05, 3.63) is 59.9 Å². The van der Waals surface area contributed by atoms with Crippen LogP contribution in [0.3, 0.4) is 0 Å². The normalized spacial score (nSPS) is 16.6. The molecular formula is C24H28N4O2. The molecule has 0 saturated carbocycles. The minimum atomic E-state index is -0.457. The molecular weight excluding hydrogens is 376 g/mol. The van der Waals surface area contributed by atoms with Gasteiger partial charge in [-0.15, -0.1) is 0 Å². The number of carbonyl (C=O) groups is 2. The topological polar surface area (TPSA) is 67.2 Å². The molecule has 1 aliphatic heterocycles. The summed E-state index contributed by atoms with van der Waals surface area (Å²) in [5, 5.41) is 3.02. The number of likely N-dealkylation sites (tertiary alicyclic amines) is 1. The van der Waals surface area contributed by atoms with Crippen LogP contribution in [0.4, 0.5) is 5.69 Å². The van der Waals surface area contributed by atoms with Crippen LogP contribution in [0.2, 0.25) is 0 Å². The van der Waals surface area contributed by atoms with Crippen LogP contribution in [-0.2, 0) is 17.8 Å². The van der Waals surface area contributed by atoms with Gasteiger partial charge in [0.2, 0.25) is 5.91 Å².